The molecule has 1 fully saturated rings. The predicted molar refractivity (Wildman–Crippen MR) is 177 cm³/mol. The molecule has 44 heavy (non-hydrogen) atoms. The maximum atomic E-state index is 14.5. The van der Waals surface area contributed by atoms with Crippen molar-refractivity contribution in [3.8, 4) is 0 Å². The molecule has 0 saturated carbocycles. The van der Waals surface area contributed by atoms with Crippen LogP contribution in [0.15, 0.2) is 91.3 Å². The van der Waals surface area contributed by atoms with Crippen molar-refractivity contribution < 1.29 is 14.4 Å². The van der Waals surface area contributed by atoms with Gasteiger partial charge in [0, 0.05) is 36.9 Å². The fourth-order valence-corrected chi connectivity index (χ4v) is 6.13. The van der Waals surface area contributed by atoms with E-state index in [0.717, 1.165) is 48.3 Å². The quantitative estimate of drug-likeness (QED) is 0.148. The van der Waals surface area contributed by atoms with Crippen LogP contribution in [0.2, 0.25) is 0 Å². The molecule has 4 aromatic rings. The first-order chi connectivity index (χ1) is 21.3. The number of carbonyl (C=O) groups is 3. The van der Waals surface area contributed by atoms with Crippen LogP contribution in [0.3, 0.4) is 0 Å². The minimum atomic E-state index is -1.94. The Balaban J connectivity index is 1.63. The molecule has 2 amide bonds. The second-order valence-electron chi connectivity index (χ2n) is 11.3. The van der Waals surface area contributed by atoms with Gasteiger partial charge < -0.3 is 10.2 Å². The second kappa shape index (κ2) is 13.9. The van der Waals surface area contributed by atoms with Crippen LogP contribution < -0.4 is 15.5 Å². The molecule has 1 aromatic heterocycles. The van der Waals surface area contributed by atoms with Crippen LogP contribution in [-0.4, -0.2) is 40.0 Å². The predicted octanol–water partition coefficient (Wildman–Crippen LogP) is 6.13. The Morgan fingerprint density at radius 2 is 1.52 bits per heavy atom. The van der Waals surface area contributed by atoms with Gasteiger partial charge in [0.2, 0.25) is 22.9 Å². The van der Waals surface area contributed by atoms with E-state index >= 15 is 0 Å². The van der Waals surface area contributed by atoms with Crippen LogP contribution in [0.25, 0.3) is 0 Å². The van der Waals surface area contributed by atoms with Crippen molar-refractivity contribution in [3.63, 3.8) is 0 Å². The van der Waals surface area contributed by atoms with E-state index in [1.165, 1.54) is 18.8 Å². The summed E-state index contributed by atoms with van der Waals surface area (Å²) in [6.45, 7) is 5.89. The molecule has 2 heterocycles. The second-order valence-corrected chi connectivity index (χ2v) is 11.7. The number of piperidine rings is 1. The van der Waals surface area contributed by atoms with Gasteiger partial charge in [0.05, 0.1) is 5.92 Å². The minimum Gasteiger partial charge on any atom is -0.372 e. The van der Waals surface area contributed by atoms with Crippen LogP contribution in [0.5, 0.6) is 0 Å². The number of hydrogen-bond donors (Lipinski definition) is 3. The van der Waals surface area contributed by atoms with Crippen LogP contribution in [-0.2, 0) is 20.8 Å². The third-order valence-corrected chi connectivity index (χ3v) is 8.78. The van der Waals surface area contributed by atoms with Crippen LogP contribution in [0.4, 0.5) is 17.3 Å². The molecule has 1 aliphatic rings. The molecule has 2 unspecified atom stereocenters. The highest BCUT2D eigenvalue weighted by Crippen LogP contribution is 2.44. The zero-order valence-corrected chi connectivity index (χ0v) is 25.9. The van der Waals surface area contributed by atoms with E-state index in [1.807, 2.05) is 56.3 Å². The Labute approximate surface area is 263 Å². The fraction of sp³-hybridized carbons (Fsp3) is 0.286. The summed E-state index contributed by atoms with van der Waals surface area (Å²) in [6, 6.07) is 24.0. The summed E-state index contributed by atoms with van der Waals surface area (Å²) in [5, 5.41) is 4.95. The lowest BCUT2D eigenvalue weighted by molar-refractivity contribution is -0.140. The van der Waals surface area contributed by atoms with Crippen LogP contribution in [0, 0.1) is 19.3 Å². The van der Waals surface area contributed by atoms with Crippen molar-refractivity contribution in [2.75, 3.05) is 28.6 Å². The van der Waals surface area contributed by atoms with Gasteiger partial charge in [0.25, 0.3) is 0 Å². The third-order valence-electron chi connectivity index (χ3n) is 8.38. The fourth-order valence-electron chi connectivity index (χ4n) is 5.82. The van der Waals surface area contributed by atoms with E-state index in [4.69, 9.17) is 0 Å². The first-order valence-electron chi connectivity index (χ1n) is 14.9. The van der Waals surface area contributed by atoms with E-state index in [2.05, 4.69) is 38.1 Å². The lowest BCUT2D eigenvalue weighted by atomic mass is 9.67. The highest BCUT2D eigenvalue weighted by atomic mass is 32.1. The van der Waals surface area contributed by atoms with Gasteiger partial charge in [-0.05, 0) is 92.1 Å². The van der Waals surface area contributed by atoms with Crippen molar-refractivity contribution in [1.82, 2.24) is 9.97 Å². The molecule has 3 aromatic carbocycles. The Bertz CT molecular complexity index is 1610. The van der Waals surface area contributed by atoms with Crippen LogP contribution in [0.1, 0.15) is 47.4 Å². The SMILES string of the molecule is Cc1ccc(C(C(=O)Nc2ncccn2)C(Cc2ccc(N3CCCCC3)cc2)(C(=O)S)C(=O)Nc2ccccc2)cc1C. The summed E-state index contributed by atoms with van der Waals surface area (Å²) >= 11 is 4.36. The molecule has 0 radical (unpaired) electrons. The minimum absolute atomic E-state index is 0.0606. The number of thiol groups is 1. The Hall–Kier alpha value is -4.50. The molecule has 0 spiro atoms. The zero-order chi connectivity index (χ0) is 31.1. The van der Waals surface area contributed by atoms with Gasteiger partial charge in [0.1, 0.15) is 5.41 Å². The summed E-state index contributed by atoms with van der Waals surface area (Å²) in [5.41, 5.74) is 2.84. The molecule has 2 atom stereocenters. The van der Waals surface area contributed by atoms with Crippen molar-refractivity contribution >= 4 is 46.9 Å². The smallest absolute Gasteiger partial charge is 0.240 e. The van der Waals surface area contributed by atoms with Crippen molar-refractivity contribution in [2.45, 2.75) is 45.4 Å². The van der Waals surface area contributed by atoms with Gasteiger partial charge in [0.15, 0.2) is 0 Å². The number of para-hydroxylation sites is 1. The highest BCUT2D eigenvalue weighted by Gasteiger charge is 2.54. The first-order valence-corrected chi connectivity index (χ1v) is 15.3. The van der Waals surface area contributed by atoms with Crippen LogP contribution >= 0.6 is 12.6 Å². The summed E-state index contributed by atoms with van der Waals surface area (Å²) in [4.78, 5) is 53.4. The van der Waals surface area contributed by atoms with E-state index in [-0.39, 0.29) is 12.4 Å². The molecule has 0 aliphatic carbocycles. The topological polar surface area (TPSA) is 104 Å². The molecule has 5 rings (SSSR count). The molecular weight excluding hydrogens is 570 g/mol. The number of rotatable bonds is 10. The number of hydrogen-bond acceptors (Lipinski definition) is 6. The number of nitrogens with one attached hydrogen (secondary N) is 2. The lowest BCUT2D eigenvalue weighted by Crippen LogP contribution is -2.51. The van der Waals surface area contributed by atoms with Gasteiger partial charge in [-0.1, -0.05) is 48.5 Å². The zero-order valence-electron chi connectivity index (χ0n) is 25.0. The molecule has 8 nitrogen and oxygen atoms in total. The Morgan fingerprint density at radius 3 is 2.16 bits per heavy atom. The normalized spacial score (nSPS) is 15.1. The third kappa shape index (κ3) is 6.83. The van der Waals surface area contributed by atoms with Gasteiger partial charge in [-0.2, -0.15) is 0 Å². The van der Waals surface area contributed by atoms with Crippen molar-refractivity contribution in [1.29, 1.82) is 0 Å². The van der Waals surface area contributed by atoms with Gasteiger partial charge in [-0.3, -0.25) is 19.7 Å². The molecule has 0 bridgehead atoms. The van der Waals surface area contributed by atoms with Gasteiger partial charge in [-0.25, -0.2) is 9.97 Å². The van der Waals surface area contributed by atoms with E-state index in [9.17, 15) is 14.4 Å². The summed E-state index contributed by atoms with van der Waals surface area (Å²) in [6.07, 6.45) is 6.49. The molecule has 2 N–H and O–H groups in total. The number of aromatic nitrogens is 2. The number of benzene rings is 3. The van der Waals surface area contributed by atoms with E-state index < -0.39 is 28.3 Å². The number of nitrogens with zero attached hydrogens (tertiary/aromatic N) is 3. The largest absolute Gasteiger partial charge is 0.372 e. The highest BCUT2D eigenvalue weighted by molar-refractivity contribution is 7.96. The molecule has 1 saturated heterocycles. The lowest BCUT2D eigenvalue weighted by Gasteiger charge is -2.37. The number of anilines is 3. The molecular formula is C35H37N5O3S. The maximum Gasteiger partial charge on any atom is 0.240 e. The van der Waals surface area contributed by atoms with E-state index in [1.54, 1.807) is 36.4 Å². The number of aryl methyl sites for hydroxylation is 2. The van der Waals surface area contributed by atoms with Crippen molar-refractivity contribution in [3.05, 3.63) is 114 Å². The molecule has 226 valence electrons. The Kier molecular flexibility index (Phi) is 9.75. The summed E-state index contributed by atoms with van der Waals surface area (Å²) < 4.78 is 0. The Morgan fingerprint density at radius 1 is 0.841 bits per heavy atom. The number of carbonyl (C=O) groups excluding carboxylic acids is 3. The number of amides is 2. The standard InChI is InChI=1S/C35H37N5O3S/c1-24-12-15-27(22-25(24)2)30(31(41)39-34-36-18-9-19-37-34)35(33(43)44,32(42)38-28-10-5-3-6-11-28)23-26-13-16-29(17-14-26)40-20-7-4-8-21-40/h3,5-6,9-19,22,30H,4,7-8,20-21,23H2,1-2H3,(H,38,42)(H,43,44)(H,36,37,39,41). The first kappa shape index (κ1) is 30.9. The van der Waals surface area contributed by atoms with Crippen molar-refractivity contribution in [2.24, 2.45) is 5.41 Å². The maximum absolute atomic E-state index is 14.5. The van der Waals surface area contributed by atoms with Gasteiger partial charge in [-0.15, -0.1) is 12.6 Å². The average Bonchev–Trinajstić information content (AvgIpc) is 3.04. The molecule has 9 heteroatoms. The summed E-state index contributed by atoms with van der Waals surface area (Å²) in [5.74, 6) is -2.41. The molecule has 1 aliphatic heterocycles. The summed E-state index contributed by atoms with van der Waals surface area (Å²) in [7, 11) is 0. The van der Waals surface area contributed by atoms with E-state index in [0.29, 0.717) is 11.3 Å². The van der Waals surface area contributed by atoms with Gasteiger partial charge >= 0.3 is 0 Å². The average molecular weight is 608 g/mol. The monoisotopic (exact) mass is 607 g/mol.